The Bertz CT molecular complexity index is 832. The molecule has 1 saturated heterocycles. The first kappa shape index (κ1) is 14.0. The number of rotatable bonds is 2. The minimum atomic E-state index is 0.796. The van der Waals surface area contributed by atoms with E-state index < -0.39 is 0 Å². The molecule has 0 amide bonds. The Kier molecular flexibility index (Phi) is 3.37. The van der Waals surface area contributed by atoms with E-state index in [9.17, 15) is 0 Å². The van der Waals surface area contributed by atoms with Gasteiger partial charge in [-0.15, -0.1) is 15.3 Å². The average molecular weight is 308 g/mol. The van der Waals surface area contributed by atoms with Crippen molar-refractivity contribution in [2.75, 3.05) is 36.0 Å². The van der Waals surface area contributed by atoms with Gasteiger partial charge in [0.25, 0.3) is 0 Å². The van der Waals surface area contributed by atoms with Crippen LogP contribution in [-0.2, 0) is 0 Å². The lowest BCUT2D eigenvalue weighted by molar-refractivity contribution is 0.640. The van der Waals surface area contributed by atoms with E-state index in [0.717, 1.165) is 43.5 Å². The highest BCUT2D eigenvalue weighted by Gasteiger charge is 2.19. The maximum Gasteiger partial charge on any atom is 0.178 e. The van der Waals surface area contributed by atoms with Crippen molar-refractivity contribution in [3.05, 3.63) is 47.8 Å². The minimum Gasteiger partial charge on any atom is -0.368 e. The molecule has 0 unspecified atom stereocenters. The monoisotopic (exact) mass is 308 g/mol. The molecule has 0 bridgehead atoms. The van der Waals surface area contributed by atoms with E-state index in [1.807, 2.05) is 23.6 Å². The molecule has 6 nitrogen and oxygen atoms in total. The van der Waals surface area contributed by atoms with Crippen LogP contribution in [0.2, 0.25) is 0 Å². The molecule has 0 radical (unpaired) electrons. The summed E-state index contributed by atoms with van der Waals surface area (Å²) in [6.45, 7) is 8.00. The molecule has 4 rings (SSSR count). The lowest BCUT2D eigenvalue weighted by Crippen LogP contribution is -2.47. The molecule has 0 spiro atoms. The number of benzene rings is 1. The number of aryl methyl sites for hydroxylation is 2. The van der Waals surface area contributed by atoms with E-state index in [1.54, 1.807) is 0 Å². The summed E-state index contributed by atoms with van der Waals surface area (Å²) in [6, 6.07) is 12.7. The number of hydrogen-bond donors (Lipinski definition) is 0. The van der Waals surface area contributed by atoms with Crippen molar-refractivity contribution in [2.24, 2.45) is 0 Å². The zero-order valence-corrected chi connectivity index (χ0v) is 13.5. The van der Waals surface area contributed by atoms with Crippen molar-refractivity contribution in [2.45, 2.75) is 13.8 Å². The summed E-state index contributed by atoms with van der Waals surface area (Å²) >= 11 is 0. The standard InChI is InChI=1S/C17H20N6/c1-13-4-3-5-15(12-13)21-8-10-22(11-9-21)17-7-6-16-19-18-14(2)23(16)20-17/h3-7,12H,8-11H2,1-2H3. The van der Waals surface area contributed by atoms with Crippen LogP contribution >= 0.6 is 0 Å². The quantitative estimate of drug-likeness (QED) is 0.725. The maximum atomic E-state index is 4.67. The number of fused-ring (bicyclic) bond motifs is 1. The highest BCUT2D eigenvalue weighted by atomic mass is 15.4. The van der Waals surface area contributed by atoms with Gasteiger partial charge in [-0.2, -0.15) is 4.52 Å². The molecule has 3 aromatic rings. The molecule has 0 saturated carbocycles. The topological polar surface area (TPSA) is 49.6 Å². The largest absolute Gasteiger partial charge is 0.368 e. The number of piperazine rings is 1. The van der Waals surface area contributed by atoms with Crippen LogP contribution in [0.3, 0.4) is 0 Å². The third-order valence-electron chi connectivity index (χ3n) is 4.38. The van der Waals surface area contributed by atoms with Crippen LogP contribution in [0.4, 0.5) is 11.5 Å². The van der Waals surface area contributed by atoms with Gasteiger partial charge in [0, 0.05) is 31.9 Å². The summed E-state index contributed by atoms with van der Waals surface area (Å²) in [5, 5.41) is 12.8. The highest BCUT2D eigenvalue weighted by molar-refractivity contribution is 5.51. The Morgan fingerprint density at radius 1 is 0.870 bits per heavy atom. The van der Waals surface area contributed by atoms with Gasteiger partial charge in [0.2, 0.25) is 0 Å². The molecule has 0 N–H and O–H groups in total. The third-order valence-corrected chi connectivity index (χ3v) is 4.38. The van der Waals surface area contributed by atoms with Crippen molar-refractivity contribution < 1.29 is 0 Å². The second-order valence-electron chi connectivity index (χ2n) is 6.02. The lowest BCUT2D eigenvalue weighted by Gasteiger charge is -2.36. The molecule has 0 atom stereocenters. The Morgan fingerprint density at radius 2 is 1.65 bits per heavy atom. The summed E-state index contributed by atoms with van der Waals surface area (Å²) < 4.78 is 1.81. The van der Waals surface area contributed by atoms with Gasteiger partial charge in [0.15, 0.2) is 11.5 Å². The molecule has 1 aliphatic rings. The van der Waals surface area contributed by atoms with Gasteiger partial charge < -0.3 is 9.80 Å². The smallest absolute Gasteiger partial charge is 0.178 e. The molecule has 6 heteroatoms. The summed E-state index contributed by atoms with van der Waals surface area (Å²) in [5.74, 6) is 1.81. The summed E-state index contributed by atoms with van der Waals surface area (Å²) in [6.07, 6.45) is 0. The van der Waals surface area contributed by atoms with Crippen molar-refractivity contribution in [1.82, 2.24) is 19.8 Å². The Balaban J connectivity index is 1.51. The average Bonchev–Trinajstić information content (AvgIpc) is 2.96. The van der Waals surface area contributed by atoms with E-state index in [2.05, 4.69) is 56.3 Å². The molecule has 118 valence electrons. The number of aromatic nitrogens is 4. The van der Waals surface area contributed by atoms with E-state index in [1.165, 1.54) is 11.3 Å². The molecular weight excluding hydrogens is 288 g/mol. The van der Waals surface area contributed by atoms with Gasteiger partial charge in [-0.3, -0.25) is 0 Å². The van der Waals surface area contributed by atoms with Gasteiger partial charge in [0.05, 0.1) is 0 Å². The van der Waals surface area contributed by atoms with Crippen molar-refractivity contribution in [3.8, 4) is 0 Å². The van der Waals surface area contributed by atoms with Gasteiger partial charge in [-0.25, -0.2) is 0 Å². The SMILES string of the molecule is Cc1cccc(N2CCN(c3ccc4nnc(C)n4n3)CC2)c1. The molecule has 0 aliphatic carbocycles. The van der Waals surface area contributed by atoms with Gasteiger partial charge in [0.1, 0.15) is 5.82 Å². The van der Waals surface area contributed by atoms with Crippen LogP contribution in [-0.4, -0.2) is 46.0 Å². The van der Waals surface area contributed by atoms with E-state index in [-0.39, 0.29) is 0 Å². The number of hydrogen-bond acceptors (Lipinski definition) is 5. The van der Waals surface area contributed by atoms with E-state index >= 15 is 0 Å². The second-order valence-corrected chi connectivity index (χ2v) is 6.02. The van der Waals surface area contributed by atoms with Crippen LogP contribution in [0, 0.1) is 13.8 Å². The third kappa shape index (κ3) is 2.60. The molecule has 1 fully saturated rings. The number of anilines is 2. The zero-order chi connectivity index (χ0) is 15.8. The van der Waals surface area contributed by atoms with Crippen LogP contribution in [0.25, 0.3) is 5.65 Å². The maximum absolute atomic E-state index is 4.67. The van der Waals surface area contributed by atoms with Crippen LogP contribution in [0.15, 0.2) is 36.4 Å². The minimum absolute atomic E-state index is 0.796. The fourth-order valence-electron chi connectivity index (χ4n) is 3.07. The van der Waals surface area contributed by atoms with Gasteiger partial charge in [-0.05, 0) is 43.7 Å². The van der Waals surface area contributed by atoms with Gasteiger partial charge >= 0.3 is 0 Å². The predicted octanol–water partition coefficient (Wildman–Crippen LogP) is 2.07. The van der Waals surface area contributed by atoms with E-state index in [4.69, 9.17) is 0 Å². The Labute approximate surface area is 135 Å². The Hall–Kier alpha value is -2.63. The zero-order valence-electron chi connectivity index (χ0n) is 13.5. The predicted molar refractivity (Wildman–Crippen MR) is 91.1 cm³/mol. The normalized spacial score (nSPS) is 15.4. The summed E-state index contributed by atoms with van der Waals surface area (Å²) in [4.78, 5) is 4.76. The fraction of sp³-hybridized carbons (Fsp3) is 0.353. The van der Waals surface area contributed by atoms with Gasteiger partial charge in [-0.1, -0.05) is 12.1 Å². The first-order valence-corrected chi connectivity index (χ1v) is 7.96. The lowest BCUT2D eigenvalue weighted by atomic mass is 10.2. The molecular formula is C17H20N6. The van der Waals surface area contributed by atoms with Crippen molar-refractivity contribution in [1.29, 1.82) is 0 Å². The first-order chi connectivity index (χ1) is 11.2. The van der Waals surface area contributed by atoms with Crippen molar-refractivity contribution >= 4 is 17.2 Å². The summed E-state index contributed by atoms with van der Waals surface area (Å²) in [5.41, 5.74) is 3.41. The Morgan fingerprint density at radius 3 is 2.43 bits per heavy atom. The molecule has 2 aromatic heterocycles. The van der Waals surface area contributed by atoms with Crippen molar-refractivity contribution in [3.63, 3.8) is 0 Å². The van der Waals surface area contributed by atoms with Crippen LogP contribution in [0.1, 0.15) is 11.4 Å². The molecule has 3 heterocycles. The van der Waals surface area contributed by atoms with Crippen LogP contribution < -0.4 is 9.80 Å². The molecule has 23 heavy (non-hydrogen) atoms. The first-order valence-electron chi connectivity index (χ1n) is 7.96. The second kappa shape index (κ2) is 5.53. The number of nitrogens with zero attached hydrogens (tertiary/aromatic N) is 6. The van der Waals surface area contributed by atoms with E-state index in [0.29, 0.717) is 0 Å². The molecule has 1 aliphatic heterocycles. The van der Waals surface area contributed by atoms with Crippen LogP contribution in [0.5, 0.6) is 0 Å². The summed E-state index contributed by atoms with van der Waals surface area (Å²) in [7, 11) is 0. The molecule has 1 aromatic carbocycles. The fourth-order valence-corrected chi connectivity index (χ4v) is 3.07. The highest BCUT2D eigenvalue weighted by Crippen LogP contribution is 2.20.